The fourth-order valence-electron chi connectivity index (χ4n) is 1.74. The Hall–Kier alpha value is -1.13. The van der Waals surface area contributed by atoms with Gasteiger partial charge in [0, 0.05) is 16.6 Å². The lowest BCUT2D eigenvalue weighted by Gasteiger charge is -2.16. The normalized spacial score (nSPS) is 15.5. The summed E-state index contributed by atoms with van der Waals surface area (Å²) in [6.45, 7) is 2.14. The average Bonchev–Trinajstić information content (AvgIpc) is 2.55. The number of hydrogen-bond donors (Lipinski definition) is 0. The van der Waals surface area contributed by atoms with E-state index in [0.717, 1.165) is 5.57 Å². The zero-order valence-electron chi connectivity index (χ0n) is 9.04. The van der Waals surface area contributed by atoms with Crippen molar-refractivity contribution < 1.29 is 9.59 Å². The zero-order chi connectivity index (χ0) is 12.6. The van der Waals surface area contributed by atoms with E-state index in [-0.39, 0.29) is 0 Å². The van der Waals surface area contributed by atoms with Gasteiger partial charge in [-0.1, -0.05) is 17.7 Å². The van der Waals surface area contributed by atoms with Gasteiger partial charge in [0.2, 0.25) is 0 Å². The Balaban J connectivity index is 2.49. The van der Waals surface area contributed by atoms with Crippen LogP contribution in [0.25, 0.3) is 0 Å². The van der Waals surface area contributed by atoms with Crippen LogP contribution in [0.2, 0.25) is 0 Å². The van der Waals surface area contributed by atoms with Crippen LogP contribution < -0.4 is 4.90 Å². The van der Waals surface area contributed by atoms with Gasteiger partial charge >= 0.3 is 0 Å². The van der Waals surface area contributed by atoms with E-state index in [1.54, 1.807) is 25.1 Å². The van der Waals surface area contributed by atoms with E-state index in [9.17, 15) is 9.59 Å². The van der Waals surface area contributed by atoms with Crippen LogP contribution in [-0.4, -0.2) is 18.2 Å². The number of fused-ring (bicyclic) bond motifs is 1. The maximum absolute atomic E-state index is 11.9. The van der Waals surface area contributed by atoms with Gasteiger partial charge in [0.05, 0.1) is 11.3 Å². The minimum atomic E-state index is -0.509. The fourth-order valence-corrected chi connectivity index (χ4v) is 2.35. The molecule has 0 saturated heterocycles. The van der Waals surface area contributed by atoms with Crippen LogP contribution in [0.5, 0.6) is 0 Å². The molecule has 0 spiro atoms. The topological polar surface area (TPSA) is 37.4 Å². The average molecular weight is 315 g/mol. The van der Waals surface area contributed by atoms with Crippen molar-refractivity contribution in [1.29, 1.82) is 0 Å². The van der Waals surface area contributed by atoms with Crippen molar-refractivity contribution in [2.75, 3.05) is 11.4 Å². The molecule has 2 rings (SSSR count). The molecule has 0 N–H and O–H groups in total. The second-order valence-corrected chi connectivity index (χ2v) is 4.88. The lowest BCUT2D eigenvalue weighted by atomic mass is 10.1. The molecule has 0 unspecified atom stereocenters. The quantitative estimate of drug-likeness (QED) is 0.787. The first-order valence-electron chi connectivity index (χ1n) is 4.97. The minimum Gasteiger partial charge on any atom is -0.301 e. The third-order valence-corrected chi connectivity index (χ3v) is 3.58. The Morgan fingerprint density at radius 3 is 2.82 bits per heavy atom. The molecule has 0 fully saturated rings. The maximum atomic E-state index is 11.9. The molecule has 0 aromatic heterocycles. The van der Waals surface area contributed by atoms with E-state index < -0.39 is 11.7 Å². The molecule has 1 aromatic carbocycles. The van der Waals surface area contributed by atoms with Crippen molar-refractivity contribution >= 4 is 44.9 Å². The van der Waals surface area contributed by atoms with E-state index in [0.29, 0.717) is 22.3 Å². The van der Waals surface area contributed by atoms with Crippen molar-refractivity contribution in [1.82, 2.24) is 0 Å². The Bertz CT molecular complexity index is 539. The van der Waals surface area contributed by atoms with Gasteiger partial charge in [-0.3, -0.25) is 9.59 Å². The van der Waals surface area contributed by atoms with Crippen molar-refractivity contribution in [3.05, 3.63) is 39.3 Å². The molecular formula is C12H9BrClNO2. The summed E-state index contributed by atoms with van der Waals surface area (Å²) < 4.78 is 0.642. The van der Waals surface area contributed by atoms with Crippen LogP contribution in [-0.2, 0) is 4.79 Å². The third kappa shape index (κ3) is 2.03. The Kier molecular flexibility index (Phi) is 3.35. The lowest BCUT2D eigenvalue weighted by Crippen LogP contribution is -2.31. The number of carbonyl (C=O) groups excluding carboxylic acids is 2. The number of hydrogen-bond acceptors (Lipinski definition) is 2. The molecule has 88 valence electrons. The highest BCUT2D eigenvalue weighted by Crippen LogP contribution is 2.34. The first-order chi connectivity index (χ1) is 8.06. The number of benzene rings is 1. The number of anilines is 1. The van der Waals surface area contributed by atoms with Crippen LogP contribution >= 0.6 is 27.5 Å². The number of halogens is 2. The molecule has 1 aromatic rings. The van der Waals surface area contributed by atoms with Crippen LogP contribution in [0.3, 0.4) is 0 Å². The summed E-state index contributed by atoms with van der Waals surface area (Å²) in [5, 5.41) is 0. The van der Waals surface area contributed by atoms with Gasteiger partial charge in [0.15, 0.2) is 0 Å². The largest absolute Gasteiger partial charge is 0.301 e. The summed E-state index contributed by atoms with van der Waals surface area (Å²) in [5.41, 5.74) is 3.29. The number of carbonyl (C=O) groups is 2. The predicted octanol–water partition coefficient (Wildman–Crippen LogP) is 3.12. The van der Waals surface area contributed by atoms with Crippen LogP contribution in [0.4, 0.5) is 5.69 Å². The van der Waals surface area contributed by atoms with Crippen LogP contribution in [0.1, 0.15) is 17.3 Å². The summed E-state index contributed by atoms with van der Waals surface area (Å²) in [6, 6.07) is 5.30. The maximum Gasteiger partial charge on any atom is 0.299 e. The van der Waals surface area contributed by atoms with Gasteiger partial charge in [0.1, 0.15) is 0 Å². The second kappa shape index (κ2) is 4.63. The molecule has 1 aliphatic rings. The minimum absolute atomic E-state index is 0.331. The van der Waals surface area contributed by atoms with Gasteiger partial charge in [-0.25, -0.2) is 0 Å². The van der Waals surface area contributed by atoms with Crippen molar-refractivity contribution in [2.24, 2.45) is 0 Å². The predicted molar refractivity (Wildman–Crippen MR) is 70.4 cm³/mol. The Labute approximate surface area is 112 Å². The second-order valence-electron chi connectivity index (χ2n) is 3.81. The number of nitrogens with zero attached hydrogens (tertiary/aromatic N) is 1. The Morgan fingerprint density at radius 2 is 2.18 bits per heavy atom. The van der Waals surface area contributed by atoms with E-state index in [1.807, 2.05) is 0 Å². The highest BCUT2D eigenvalue weighted by molar-refractivity contribution is 9.10. The fraction of sp³-hybridized carbons (Fsp3) is 0.167. The molecule has 5 heteroatoms. The van der Waals surface area contributed by atoms with Gasteiger partial charge in [-0.05, 0) is 40.6 Å². The molecule has 3 nitrogen and oxygen atoms in total. The van der Waals surface area contributed by atoms with Crippen LogP contribution in [0, 0.1) is 0 Å². The molecule has 17 heavy (non-hydrogen) atoms. The highest BCUT2D eigenvalue weighted by Gasteiger charge is 2.37. The van der Waals surface area contributed by atoms with Crippen LogP contribution in [0.15, 0.2) is 33.8 Å². The molecule has 1 heterocycles. The number of Topliss-reactive ketones (excluding diaryl/α,β-unsaturated/α-hetero) is 1. The Morgan fingerprint density at radius 1 is 1.47 bits per heavy atom. The lowest BCUT2D eigenvalue weighted by molar-refractivity contribution is -0.114. The molecule has 0 aliphatic carbocycles. The van der Waals surface area contributed by atoms with E-state index in [1.165, 1.54) is 10.4 Å². The molecule has 0 bridgehead atoms. The third-order valence-electron chi connectivity index (χ3n) is 2.54. The first-order valence-corrected chi connectivity index (χ1v) is 6.19. The summed E-state index contributed by atoms with van der Waals surface area (Å²) in [5.74, 6) is -0.986. The monoisotopic (exact) mass is 313 g/mol. The van der Waals surface area contributed by atoms with Crippen molar-refractivity contribution in [2.45, 2.75) is 6.92 Å². The van der Waals surface area contributed by atoms with E-state index in [4.69, 9.17) is 11.6 Å². The summed E-state index contributed by atoms with van der Waals surface area (Å²) >= 11 is 8.86. The molecule has 0 atom stereocenters. The van der Waals surface area contributed by atoms with E-state index >= 15 is 0 Å². The van der Waals surface area contributed by atoms with Gasteiger partial charge in [-0.2, -0.15) is 0 Å². The number of rotatable bonds is 2. The SMILES string of the molecule is C/C(=C/Cl)CN1C(=O)C(=O)c2c(Br)cccc21. The van der Waals surface area contributed by atoms with Gasteiger partial charge < -0.3 is 4.90 Å². The summed E-state index contributed by atoms with van der Waals surface area (Å²) in [7, 11) is 0. The summed E-state index contributed by atoms with van der Waals surface area (Å²) in [6.07, 6.45) is 0. The molecular weight excluding hydrogens is 305 g/mol. The number of amides is 1. The van der Waals surface area contributed by atoms with E-state index in [2.05, 4.69) is 15.9 Å². The summed E-state index contributed by atoms with van der Waals surface area (Å²) in [4.78, 5) is 25.1. The zero-order valence-corrected chi connectivity index (χ0v) is 11.4. The molecule has 0 radical (unpaired) electrons. The van der Waals surface area contributed by atoms with Gasteiger partial charge in [-0.15, -0.1) is 0 Å². The first kappa shape index (κ1) is 12.3. The van der Waals surface area contributed by atoms with Crippen molar-refractivity contribution in [3.63, 3.8) is 0 Å². The molecule has 0 saturated carbocycles. The standard InChI is InChI=1S/C12H9BrClNO2/c1-7(5-14)6-15-9-4-2-3-8(13)10(9)11(16)12(15)17/h2-5H,6H2,1H3/b7-5-. The smallest absolute Gasteiger partial charge is 0.299 e. The molecule has 1 amide bonds. The number of ketones is 1. The van der Waals surface area contributed by atoms with Gasteiger partial charge in [0.25, 0.3) is 11.7 Å². The highest BCUT2D eigenvalue weighted by atomic mass is 79.9. The van der Waals surface area contributed by atoms with Crippen molar-refractivity contribution in [3.8, 4) is 0 Å². The molecule has 1 aliphatic heterocycles.